The molecule has 0 aromatic rings. The molecule has 3 saturated heterocycles. The Morgan fingerprint density at radius 3 is 0.854 bits per heavy atom. The summed E-state index contributed by atoms with van der Waals surface area (Å²) in [6, 6.07) is -10.1. The molecule has 3 heterocycles. The summed E-state index contributed by atoms with van der Waals surface area (Å²) in [6.07, 6.45) is -22.6. The second kappa shape index (κ2) is 59.7. The van der Waals surface area contributed by atoms with E-state index in [-0.39, 0.29) is 114 Å². The Morgan fingerprint density at radius 2 is 0.613 bits per heavy atom. The van der Waals surface area contributed by atoms with Crippen LogP contribution in [0.1, 0.15) is 168 Å². The zero-order valence-electron chi connectivity index (χ0n) is 79.2. The zero-order valence-corrected chi connectivity index (χ0v) is 80.1. The number of nitrogens with one attached hydrogen (secondary N) is 19. The Labute approximate surface area is 796 Å². The van der Waals surface area contributed by atoms with E-state index in [9.17, 15) is 133 Å². The van der Waals surface area contributed by atoms with Crippen molar-refractivity contribution in [1.29, 1.82) is 0 Å². The fourth-order valence-corrected chi connectivity index (χ4v) is 13.2. The monoisotopic (exact) mass is 1980 g/mol. The molecule has 778 valence electrons. The quantitative estimate of drug-likeness (QED) is 0.00884. The number of nitrogens with zero attached hydrogens (tertiary/aromatic N) is 3. The van der Waals surface area contributed by atoms with E-state index in [1.807, 2.05) is 0 Å². The van der Waals surface area contributed by atoms with E-state index in [0.29, 0.717) is 0 Å². The van der Waals surface area contributed by atoms with Crippen LogP contribution in [0.15, 0.2) is 15.0 Å². The van der Waals surface area contributed by atoms with Crippen LogP contribution in [0.3, 0.4) is 0 Å². The fourth-order valence-electron chi connectivity index (χ4n) is 13.0. The third-order valence-electron chi connectivity index (χ3n) is 19.3. The molecule has 0 radical (unpaired) electrons. The van der Waals surface area contributed by atoms with Crippen LogP contribution in [0.2, 0.25) is 0 Å². The number of carboxylic acid groups (broad SMARTS) is 1. The smallest absolute Gasteiger partial charge is 0.414 e. The maximum absolute atomic E-state index is 14.2. The maximum Gasteiger partial charge on any atom is 0.414 e. The number of alkyl carbamates (subject to hydrolysis) is 3. The SMILES string of the molecule is CC(=O)N[C@@H]1[C@@H](O)[C@H](O)[C@@H](CO)O[C@H]1NC(=NCCCC[C@H](NC(=O)CNC(=O)CCS)C(=O)NCC(=O)NCC(=O)N[C@@H](CCCCN=C(NC(=O)OC(C)(C)C)N[C@@H]1O[C@H](CO)[C@@H](O)[C@H](O)[C@H]1NC(C)=O)C(=O)NCC(=O)NCC(=O)N[C@@H](CCCCN=C(NC(=O)OC(C)(C)C)N[C@@H]1O[C@H](CO)[C@@H](O)[C@H](O)[C@H]1NC(C)=O)C(=O)NCC(=O)N[C@@H](CC(C)C)C(=O)O)NC(=O)OC(C)(C)C. The number of carbonyl (C=O) groups excluding carboxylic acids is 16. The number of unbranched alkanes of at least 4 members (excludes halogenated alkanes) is 3. The molecule has 55 nitrogen and oxygen atoms in total. The Kier molecular flexibility index (Phi) is 52.2. The molecule has 16 amide bonds. The predicted octanol–water partition coefficient (Wildman–Crippen LogP) is -10.2. The molecule has 3 rings (SSSR count). The minimum Gasteiger partial charge on any atom is -0.480 e. The van der Waals surface area contributed by atoms with Crippen molar-refractivity contribution in [3.8, 4) is 0 Å². The third-order valence-corrected chi connectivity index (χ3v) is 19.6. The number of thiol groups is 1. The standard InChI is InChI=1S/C81H140N22O33S/c1-39(2)29-46(72(126)127)97-56(116)35-90-68(125)45(23-17-20-27-84-75(103-78(130)136-81(12,13)14)100-71-59(93-42(5)109)65(122)62(119)49(38-106)133-71)96-55(115)34-87-52(112)31-89-67(124)44(22-16-19-26-83-74(102-77(129)135-80(9,10)11)99-70-58(92-41(4)108)64(121)61(118)48(37-105)132-70)95-54(114)33-86-51(111)30-88-66(123)43(94-53(113)32-85-50(110)24-28-137)21-15-18-25-82-73(101-76(128)134-79(6,7)8)98-69-57(91-40(3)107)63(120)60(117)47(36-104)131-69/h39,43-49,57-65,69-71,104-106,117-122,137H,15-38H2,1-14H3,(H,85,110)(H,86,111)(H,87,112)(H,88,123)(H,89,124)(H,90,125)(H,91,107)(H,92,108)(H,93,109)(H,94,113)(H,95,114)(H,96,115)(H,97,116)(H,126,127)(H2,82,98,101,128)(H2,83,99,102,129)(H2,84,100,103,130)/t43-,44-,45-,46-,47+,48+,49+,57+,58+,59+,60+,61+,62+,63+,64+,65+,69+,70+,71+/m0/s1. The predicted molar refractivity (Wildman–Crippen MR) is 483 cm³/mol. The van der Waals surface area contributed by atoms with Crippen LogP contribution >= 0.6 is 12.6 Å². The normalized spacial score (nSPS) is 22.7. The van der Waals surface area contributed by atoms with Crippen LogP contribution < -0.4 is 101 Å². The number of hydrogen-bond acceptors (Lipinski definition) is 36. The van der Waals surface area contributed by atoms with Gasteiger partial charge >= 0.3 is 24.2 Å². The van der Waals surface area contributed by atoms with Crippen LogP contribution in [0.5, 0.6) is 0 Å². The first kappa shape index (κ1) is 120. The Morgan fingerprint density at radius 1 is 0.358 bits per heavy atom. The summed E-state index contributed by atoms with van der Waals surface area (Å²) >= 11 is 4.01. The first-order valence-corrected chi connectivity index (χ1v) is 45.0. The molecule has 19 atom stereocenters. The van der Waals surface area contributed by atoms with Crippen molar-refractivity contribution >= 4 is 132 Å². The number of carbonyl (C=O) groups is 17. The number of ether oxygens (including phenoxy) is 6. The lowest BCUT2D eigenvalue weighted by atomic mass is 9.96. The van der Waals surface area contributed by atoms with Gasteiger partial charge in [0.2, 0.25) is 94.7 Å². The average molecular weight is 1980 g/mol. The van der Waals surface area contributed by atoms with Gasteiger partial charge in [0.15, 0.2) is 18.7 Å². The molecule has 0 unspecified atom stereocenters. The lowest BCUT2D eigenvalue weighted by Gasteiger charge is -2.43. The molecule has 3 aliphatic rings. The Hall–Kier alpha value is -11.3. The molecule has 0 spiro atoms. The van der Waals surface area contributed by atoms with E-state index >= 15 is 0 Å². The highest BCUT2D eigenvalue weighted by Gasteiger charge is 2.49. The molecule has 3 aliphatic heterocycles. The van der Waals surface area contributed by atoms with E-state index in [0.717, 1.165) is 20.8 Å². The van der Waals surface area contributed by atoms with Gasteiger partial charge in [-0.3, -0.25) is 93.3 Å². The second-order valence-corrected chi connectivity index (χ2v) is 35.8. The number of rotatable bonds is 48. The number of aliphatic hydroxyl groups is 9. The Balaban J connectivity index is 1.96. The van der Waals surface area contributed by atoms with Gasteiger partial charge < -0.3 is 165 Å². The van der Waals surface area contributed by atoms with Crippen molar-refractivity contribution in [2.24, 2.45) is 20.9 Å². The maximum atomic E-state index is 14.2. The topological polar surface area (TPSA) is 814 Å². The van der Waals surface area contributed by atoms with Gasteiger partial charge in [-0.1, -0.05) is 13.8 Å². The summed E-state index contributed by atoms with van der Waals surface area (Å²) < 4.78 is 33.4. The van der Waals surface area contributed by atoms with Crippen molar-refractivity contribution in [1.82, 2.24) is 101 Å². The minimum absolute atomic E-state index is 0.00572. The molecule has 29 N–H and O–H groups in total. The van der Waals surface area contributed by atoms with Gasteiger partial charge in [0.1, 0.15) is 114 Å². The number of aliphatic imine (C=N–C) groups is 3. The number of amides is 16. The minimum atomic E-state index is -1.75. The molecule has 0 aromatic carbocycles. The summed E-state index contributed by atoms with van der Waals surface area (Å²) in [7, 11) is 0. The summed E-state index contributed by atoms with van der Waals surface area (Å²) in [5.74, 6) is -14.0. The fraction of sp³-hybridized carbons (Fsp3) is 0.753. The number of carboxylic acids is 1. The van der Waals surface area contributed by atoms with E-state index in [1.165, 1.54) is 0 Å². The van der Waals surface area contributed by atoms with E-state index in [2.05, 4.69) is 129 Å². The van der Waals surface area contributed by atoms with Crippen LogP contribution in [0.4, 0.5) is 14.4 Å². The lowest BCUT2D eigenvalue weighted by Crippen LogP contribution is -2.69. The molecule has 0 aliphatic carbocycles. The average Bonchev–Trinajstić information content (AvgIpc) is 0.808. The van der Waals surface area contributed by atoms with Gasteiger partial charge in [-0.2, -0.15) is 12.6 Å². The summed E-state index contributed by atoms with van der Waals surface area (Å²) in [6.45, 7) is 12.9. The van der Waals surface area contributed by atoms with Gasteiger partial charge in [-0.25, -0.2) is 19.2 Å². The van der Waals surface area contributed by atoms with E-state index in [1.54, 1.807) is 76.2 Å². The summed E-state index contributed by atoms with van der Waals surface area (Å²) in [5.41, 5.74) is -3.14. The van der Waals surface area contributed by atoms with Gasteiger partial charge in [0, 0.05) is 46.8 Å². The van der Waals surface area contributed by atoms with Crippen LogP contribution in [0, 0.1) is 5.92 Å². The van der Waals surface area contributed by atoms with Crippen molar-refractivity contribution in [2.75, 3.05) is 84.5 Å². The molecular weight excluding hydrogens is 1840 g/mol. The first-order valence-electron chi connectivity index (χ1n) is 44.3. The molecule has 3 fully saturated rings. The molecule has 0 bridgehead atoms. The Bertz CT molecular complexity index is 4120. The highest BCUT2D eigenvalue weighted by molar-refractivity contribution is 7.80. The van der Waals surface area contributed by atoms with E-state index < -0.39 is 299 Å². The largest absolute Gasteiger partial charge is 0.480 e. The van der Waals surface area contributed by atoms with Gasteiger partial charge in [-0.15, -0.1) is 0 Å². The highest BCUT2D eigenvalue weighted by atomic mass is 32.1. The van der Waals surface area contributed by atoms with Crippen molar-refractivity contribution in [3.05, 3.63) is 0 Å². The molecular formula is C81H140N22O33S. The van der Waals surface area contributed by atoms with Crippen LogP contribution in [-0.4, -0.2) is 387 Å². The first-order chi connectivity index (χ1) is 64.1. The van der Waals surface area contributed by atoms with Crippen LogP contribution in [-0.2, 0) is 95.5 Å². The number of hydrogen-bond donors (Lipinski definition) is 30. The van der Waals surface area contributed by atoms with Crippen molar-refractivity contribution < 1.29 is 161 Å². The number of aliphatic carboxylic acids is 1. The van der Waals surface area contributed by atoms with Gasteiger partial charge in [0.25, 0.3) is 0 Å². The van der Waals surface area contributed by atoms with E-state index in [4.69, 9.17) is 28.4 Å². The second-order valence-electron chi connectivity index (χ2n) is 35.4. The van der Waals surface area contributed by atoms with Crippen molar-refractivity contribution in [2.45, 2.75) is 300 Å². The van der Waals surface area contributed by atoms with Crippen LogP contribution in [0.25, 0.3) is 0 Å². The molecule has 0 aromatic heterocycles. The van der Waals surface area contributed by atoms with Gasteiger partial charge in [-0.05, 0) is 138 Å². The van der Waals surface area contributed by atoms with Crippen molar-refractivity contribution in [3.63, 3.8) is 0 Å². The third kappa shape index (κ3) is 47.5. The molecule has 137 heavy (non-hydrogen) atoms. The zero-order chi connectivity index (χ0) is 103. The van der Waals surface area contributed by atoms with Gasteiger partial charge in [0.05, 0.1) is 59.1 Å². The number of aliphatic hydroxyl groups excluding tert-OH is 9. The highest BCUT2D eigenvalue weighted by Crippen LogP contribution is 2.24. The molecule has 0 saturated carbocycles. The molecule has 56 heteroatoms. The lowest BCUT2D eigenvalue weighted by molar-refractivity contribution is -0.198. The summed E-state index contributed by atoms with van der Waals surface area (Å²) in [4.78, 5) is 236. The summed E-state index contributed by atoms with van der Waals surface area (Å²) in [5, 5.41) is 151. The number of guanidine groups is 3.